The summed E-state index contributed by atoms with van der Waals surface area (Å²) in [6.45, 7) is 3.57. The Hall–Kier alpha value is -0.880. The number of ether oxygens (including phenoxy) is 1. The van der Waals surface area contributed by atoms with Gasteiger partial charge in [-0.15, -0.1) is 0 Å². The van der Waals surface area contributed by atoms with Gasteiger partial charge in [0.05, 0.1) is 17.5 Å². The molecule has 0 bridgehead atoms. The minimum absolute atomic E-state index is 0.138. The summed E-state index contributed by atoms with van der Waals surface area (Å²) >= 11 is 3.28. The van der Waals surface area contributed by atoms with Crippen molar-refractivity contribution < 1.29 is 4.74 Å². The molecular weight excluding hydrogens is 286 g/mol. The molecule has 17 heavy (non-hydrogen) atoms. The highest BCUT2D eigenvalue weighted by atomic mass is 79.9. The largest absolute Gasteiger partial charge is 0.380 e. The van der Waals surface area contributed by atoms with Gasteiger partial charge in [0.15, 0.2) is 0 Å². The number of nitrogens with one attached hydrogen (secondary N) is 1. The minimum Gasteiger partial charge on any atom is -0.380 e. The highest BCUT2D eigenvalue weighted by Gasteiger charge is 2.29. The van der Waals surface area contributed by atoms with E-state index in [4.69, 9.17) is 4.74 Å². The van der Waals surface area contributed by atoms with Gasteiger partial charge < -0.3 is 10.1 Å². The fourth-order valence-corrected chi connectivity index (χ4v) is 2.39. The standard InChI is InChI=1S/C11H16BrN3O2/c1-11(4-3-5-17-11)7-13-8-6-14-15(2)10(16)9(8)12/h6,13H,3-5,7H2,1-2H3. The van der Waals surface area contributed by atoms with Gasteiger partial charge >= 0.3 is 0 Å². The molecular formula is C11H16BrN3O2. The summed E-state index contributed by atoms with van der Waals surface area (Å²) in [5, 5.41) is 7.19. The van der Waals surface area contributed by atoms with Crippen molar-refractivity contribution in [2.45, 2.75) is 25.4 Å². The highest BCUT2D eigenvalue weighted by molar-refractivity contribution is 9.10. The van der Waals surface area contributed by atoms with E-state index in [-0.39, 0.29) is 11.2 Å². The average molecular weight is 302 g/mol. The Kier molecular flexibility index (Phi) is 3.53. The number of aromatic nitrogens is 2. The Balaban J connectivity index is 2.09. The van der Waals surface area contributed by atoms with Crippen LogP contribution in [0.15, 0.2) is 15.5 Å². The second-order valence-corrected chi connectivity index (χ2v) is 5.35. The lowest BCUT2D eigenvalue weighted by Gasteiger charge is -2.24. The Morgan fingerprint density at radius 2 is 2.47 bits per heavy atom. The van der Waals surface area contributed by atoms with Crippen molar-refractivity contribution >= 4 is 21.6 Å². The van der Waals surface area contributed by atoms with Crippen LogP contribution in [0.5, 0.6) is 0 Å². The molecule has 1 saturated heterocycles. The van der Waals surface area contributed by atoms with Gasteiger partial charge in [-0.1, -0.05) is 0 Å². The van der Waals surface area contributed by atoms with Gasteiger partial charge in [0.25, 0.3) is 5.56 Å². The van der Waals surface area contributed by atoms with Crippen molar-refractivity contribution in [3.63, 3.8) is 0 Å². The summed E-state index contributed by atoms with van der Waals surface area (Å²) in [5.74, 6) is 0. The van der Waals surface area contributed by atoms with Crippen LogP contribution in [0.2, 0.25) is 0 Å². The van der Waals surface area contributed by atoms with Gasteiger partial charge in [-0.25, -0.2) is 4.68 Å². The van der Waals surface area contributed by atoms with Crippen LogP contribution >= 0.6 is 15.9 Å². The summed E-state index contributed by atoms with van der Waals surface area (Å²) in [6, 6.07) is 0. The molecule has 1 atom stereocenters. The monoisotopic (exact) mass is 301 g/mol. The molecule has 1 unspecified atom stereocenters. The number of halogens is 1. The molecule has 1 aliphatic rings. The SMILES string of the molecule is Cn1ncc(NCC2(C)CCCO2)c(Br)c1=O. The van der Waals surface area contributed by atoms with Crippen molar-refractivity contribution in [2.24, 2.45) is 7.05 Å². The fourth-order valence-electron chi connectivity index (χ4n) is 1.89. The molecule has 1 N–H and O–H groups in total. The van der Waals surface area contributed by atoms with Gasteiger partial charge in [-0.3, -0.25) is 4.79 Å². The smallest absolute Gasteiger partial charge is 0.282 e. The normalized spacial score (nSPS) is 23.9. The van der Waals surface area contributed by atoms with Crippen molar-refractivity contribution in [3.05, 3.63) is 21.0 Å². The molecule has 2 heterocycles. The fraction of sp³-hybridized carbons (Fsp3) is 0.636. The lowest BCUT2D eigenvalue weighted by atomic mass is 10.0. The van der Waals surface area contributed by atoms with Gasteiger partial charge in [0.1, 0.15) is 4.47 Å². The Morgan fingerprint density at radius 3 is 3.12 bits per heavy atom. The van der Waals surface area contributed by atoms with Crippen LogP contribution in [-0.2, 0) is 11.8 Å². The van der Waals surface area contributed by atoms with Gasteiger partial charge in [-0.2, -0.15) is 5.10 Å². The molecule has 0 spiro atoms. The van der Waals surface area contributed by atoms with Crippen LogP contribution in [0.4, 0.5) is 5.69 Å². The molecule has 0 radical (unpaired) electrons. The molecule has 0 aromatic carbocycles. The number of hydrogen-bond donors (Lipinski definition) is 1. The van der Waals surface area contributed by atoms with E-state index in [1.807, 2.05) is 0 Å². The van der Waals surface area contributed by atoms with Crippen LogP contribution in [0, 0.1) is 0 Å². The van der Waals surface area contributed by atoms with E-state index in [2.05, 4.69) is 33.3 Å². The Bertz CT molecular complexity index is 466. The van der Waals surface area contributed by atoms with Crippen LogP contribution in [0.1, 0.15) is 19.8 Å². The van der Waals surface area contributed by atoms with Crippen LogP contribution in [0.25, 0.3) is 0 Å². The van der Waals surface area contributed by atoms with Crippen molar-refractivity contribution in [1.82, 2.24) is 9.78 Å². The first kappa shape index (κ1) is 12.6. The lowest BCUT2D eigenvalue weighted by Crippen LogP contribution is -2.33. The molecule has 0 aliphatic carbocycles. The van der Waals surface area contributed by atoms with E-state index in [0.29, 0.717) is 16.7 Å². The molecule has 0 amide bonds. The zero-order valence-electron chi connectivity index (χ0n) is 9.99. The number of rotatable bonds is 3. The van der Waals surface area contributed by atoms with Crippen LogP contribution in [0.3, 0.4) is 0 Å². The Labute approximate surface area is 108 Å². The van der Waals surface area contributed by atoms with Gasteiger partial charge in [-0.05, 0) is 35.7 Å². The van der Waals surface area contributed by atoms with E-state index >= 15 is 0 Å². The highest BCUT2D eigenvalue weighted by Crippen LogP contribution is 2.26. The quantitative estimate of drug-likeness (QED) is 0.920. The lowest BCUT2D eigenvalue weighted by molar-refractivity contribution is 0.0315. The molecule has 6 heteroatoms. The number of aryl methyl sites for hydroxylation is 1. The molecule has 1 aromatic rings. The maximum absolute atomic E-state index is 11.6. The topological polar surface area (TPSA) is 56.1 Å². The molecule has 94 valence electrons. The summed E-state index contributed by atoms with van der Waals surface area (Å²) in [5.41, 5.74) is 0.429. The van der Waals surface area contributed by atoms with E-state index in [0.717, 1.165) is 19.4 Å². The number of nitrogens with zero attached hydrogens (tertiary/aromatic N) is 2. The zero-order valence-corrected chi connectivity index (χ0v) is 11.6. The second-order valence-electron chi connectivity index (χ2n) is 4.56. The molecule has 0 saturated carbocycles. The molecule has 1 aliphatic heterocycles. The van der Waals surface area contributed by atoms with Crippen molar-refractivity contribution in [1.29, 1.82) is 0 Å². The molecule has 1 fully saturated rings. The van der Waals surface area contributed by atoms with E-state index in [1.165, 1.54) is 4.68 Å². The Morgan fingerprint density at radius 1 is 1.71 bits per heavy atom. The van der Waals surface area contributed by atoms with E-state index < -0.39 is 0 Å². The van der Waals surface area contributed by atoms with Crippen LogP contribution in [-0.4, -0.2) is 28.5 Å². The third kappa shape index (κ3) is 2.69. The first-order chi connectivity index (χ1) is 8.02. The summed E-state index contributed by atoms with van der Waals surface area (Å²) < 4.78 is 7.48. The summed E-state index contributed by atoms with van der Waals surface area (Å²) in [7, 11) is 1.62. The van der Waals surface area contributed by atoms with Gasteiger partial charge in [0, 0.05) is 20.2 Å². The molecule has 1 aromatic heterocycles. The minimum atomic E-state index is -0.146. The van der Waals surface area contributed by atoms with Crippen molar-refractivity contribution in [2.75, 3.05) is 18.5 Å². The number of hydrogen-bond acceptors (Lipinski definition) is 4. The maximum Gasteiger partial charge on any atom is 0.282 e. The zero-order chi connectivity index (χ0) is 12.5. The summed E-state index contributed by atoms with van der Waals surface area (Å²) in [6.07, 6.45) is 3.77. The predicted octanol–water partition coefficient (Wildman–Crippen LogP) is 1.52. The molecule has 5 nitrogen and oxygen atoms in total. The van der Waals surface area contributed by atoms with Gasteiger partial charge in [0.2, 0.25) is 0 Å². The molecule has 2 rings (SSSR count). The summed E-state index contributed by atoms with van der Waals surface area (Å²) in [4.78, 5) is 11.6. The third-order valence-corrected chi connectivity index (χ3v) is 3.80. The third-order valence-electron chi connectivity index (χ3n) is 3.03. The number of anilines is 1. The average Bonchev–Trinajstić information content (AvgIpc) is 2.73. The van der Waals surface area contributed by atoms with E-state index in [1.54, 1.807) is 13.2 Å². The first-order valence-electron chi connectivity index (χ1n) is 5.61. The van der Waals surface area contributed by atoms with E-state index in [9.17, 15) is 4.79 Å². The first-order valence-corrected chi connectivity index (χ1v) is 6.41. The predicted molar refractivity (Wildman–Crippen MR) is 69.3 cm³/mol. The van der Waals surface area contributed by atoms with Crippen LogP contribution < -0.4 is 10.9 Å². The second kappa shape index (κ2) is 4.78. The maximum atomic E-state index is 11.6. The van der Waals surface area contributed by atoms with Crippen molar-refractivity contribution in [3.8, 4) is 0 Å².